The Labute approximate surface area is 149 Å². The average molecular weight is 375 g/mol. The van der Waals surface area contributed by atoms with Gasteiger partial charge in [-0.2, -0.15) is 0 Å². The molecule has 0 bridgehead atoms. The van der Waals surface area contributed by atoms with E-state index < -0.39 is 0 Å². The molecule has 0 saturated carbocycles. The minimum Gasteiger partial charge on any atom is -0.398 e. The van der Waals surface area contributed by atoms with Crippen LogP contribution in [0.15, 0.2) is 83.3 Å². The number of fused-ring (bicyclic) bond motifs is 1. The summed E-state index contributed by atoms with van der Waals surface area (Å²) < 4.78 is 0.995. The first-order chi connectivity index (χ1) is 11.7. The number of benzene rings is 3. The topological polar surface area (TPSA) is 38.9 Å². The molecule has 0 fully saturated rings. The molecule has 0 radical (unpaired) electrons. The van der Waals surface area contributed by atoms with E-state index in [1.165, 1.54) is 0 Å². The van der Waals surface area contributed by atoms with Crippen LogP contribution in [0.5, 0.6) is 0 Å². The van der Waals surface area contributed by atoms with Gasteiger partial charge in [-0.15, -0.1) is 0 Å². The number of nitrogens with two attached hydrogens (primary N) is 1. The van der Waals surface area contributed by atoms with E-state index in [4.69, 9.17) is 10.7 Å². The molecule has 116 valence electrons. The van der Waals surface area contributed by atoms with Crippen LogP contribution in [-0.4, -0.2) is 4.98 Å². The minimum atomic E-state index is 0.756. The lowest BCUT2D eigenvalue weighted by molar-refractivity contribution is 1.39. The lowest BCUT2D eigenvalue weighted by Gasteiger charge is -2.15. The maximum Gasteiger partial charge on any atom is 0.0808 e. The molecule has 0 aliphatic carbocycles. The predicted octanol–water partition coefficient (Wildman–Crippen LogP) is 5.91. The quantitative estimate of drug-likeness (QED) is 0.473. The molecule has 0 amide bonds. The van der Waals surface area contributed by atoms with Gasteiger partial charge < -0.3 is 5.73 Å². The van der Waals surface area contributed by atoms with Crippen LogP contribution in [0.25, 0.3) is 33.3 Å². The third-order valence-corrected chi connectivity index (χ3v) is 4.59. The zero-order valence-corrected chi connectivity index (χ0v) is 14.5. The van der Waals surface area contributed by atoms with Crippen LogP contribution in [-0.2, 0) is 0 Å². The SMILES string of the molecule is Nc1c(-c2ccccc2)c(-c2ccccc2)nc2ccc(Br)cc12. The largest absolute Gasteiger partial charge is 0.398 e. The van der Waals surface area contributed by atoms with Crippen molar-refractivity contribution in [1.29, 1.82) is 0 Å². The number of hydrogen-bond acceptors (Lipinski definition) is 2. The molecule has 0 aliphatic heterocycles. The zero-order valence-electron chi connectivity index (χ0n) is 12.9. The average Bonchev–Trinajstić information content (AvgIpc) is 2.63. The van der Waals surface area contributed by atoms with Gasteiger partial charge in [0.2, 0.25) is 0 Å². The summed E-state index contributed by atoms with van der Waals surface area (Å²) in [7, 11) is 0. The van der Waals surface area contributed by atoms with E-state index >= 15 is 0 Å². The summed E-state index contributed by atoms with van der Waals surface area (Å²) in [5, 5.41) is 0.961. The summed E-state index contributed by atoms with van der Waals surface area (Å²) in [5.41, 5.74) is 12.3. The van der Waals surface area contributed by atoms with Crippen molar-refractivity contribution in [3.63, 3.8) is 0 Å². The van der Waals surface area contributed by atoms with Gasteiger partial charge in [-0.05, 0) is 23.8 Å². The molecule has 0 saturated heterocycles. The summed E-state index contributed by atoms with van der Waals surface area (Å²) in [6, 6.07) is 26.4. The molecule has 4 aromatic rings. The summed E-state index contributed by atoms with van der Waals surface area (Å²) in [6.07, 6.45) is 0. The van der Waals surface area contributed by atoms with E-state index in [-0.39, 0.29) is 0 Å². The Morgan fingerprint density at radius 2 is 1.38 bits per heavy atom. The second-order valence-electron chi connectivity index (χ2n) is 5.64. The van der Waals surface area contributed by atoms with Crippen molar-refractivity contribution in [1.82, 2.24) is 4.98 Å². The van der Waals surface area contributed by atoms with Crippen molar-refractivity contribution in [3.8, 4) is 22.4 Å². The maximum atomic E-state index is 6.60. The first-order valence-electron chi connectivity index (χ1n) is 7.73. The van der Waals surface area contributed by atoms with Crippen LogP contribution in [0, 0.1) is 0 Å². The van der Waals surface area contributed by atoms with Crippen LogP contribution >= 0.6 is 15.9 Å². The van der Waals surface area contributed by atoms with E-state index in [0.29, 0.717) is 0 Å². The molecule has 24 heavy (non-hydrogen) atoms. The zero-order chi connectivity index (χ0) is 16.5. The van der Waals surface area contributed by atoms with Crippen LogP contribution in [0.4, 0.5) is 5.69 Å². The fourth-order valence-electron chi connectivity index (χ4n) is 2.96. The monoisotopic (exact) mass is 374 g/mol. The van der Waals surface area contributed by atoms with Gasteiger partial charge in [0.15, 0.2) is 0 Å². The minimum absolute atomic E-state index is 0.756. The lowest BCUT2D eigenvalue weighted by atomic mass is 9.95. The van der Waals surface area contributed by atoms with Gasteiger partial charge in [-0.25, -0.2) is 4.98 Å². The Bertz CT molecular complexity index is 1010. The van der Waals surface area contributed by atoms with Gasteiger partial charge in [0.25, 0.3) is 0 Å². The van der Waals surface area contributed by atoms with Crippen molar-refractivity contribution < 1.29 is 0 Å². The molecule has 1 aromatic heterocycles. The highest BCUT2D eigenvalue weighted by Crippen LogP contribution is 2.39. The van der Waals surface area contributed by atoms with Crippen molar-refractivity contribution in [2.75, 3.05) is 5.73 Å². The van der Waals surface area contributed by atoms with Crippen LogP contribution in [0.2, 0.25) is 0 Å². The number of halogens is 1. The Balaban J connectivity index is 2.12. The first kappa shape index (κ1) is 14.9. The van der Waals surface area contributed by atoms with Crippen LogP contribution in [0.1, 0.15) is 0 Å². The highest BCUT2D eigenvalue weighted by Gasteiger charge is 2.16. The van der Waals surface area contributed by atoms with E-state index in [9.17, 15) is 0 Å². The number of pyridine rings is 1. The maximum absolute atomic E-state index is 6.60. The van der Waals surface area contributed by atoms with Gasteiger partial charge in [0.1, 0.15) is 0 Å². The fourth-order valence-corrected chi connectivity index (χ4v) is 3.32. The molecule has 2 N–H and O–H groups in total. The standard InChI is InChI=1S/C21H15BrN2/c22-16-11-12-18-17(13-16)20(23)19(14-7-3-1-4-8-14)21(24-18)15-9-5-2-6-10-15/h1-13H,(H2,23,24). The number of hydrogen-bond donors (Lipinski definition) is 1. The number of rotatable bonds is 2. The second kappa shape index (κ2) is 6.10. The van der Waals surface area contributed by atoms with E-state index in [0.717, 1.165) is 43.4 Å². The van der Waals surface area contributed by atoms with Crippen molar-refractivity contribution in [2.24, 2.45) is 0 Å². The van der Waals surface area contributed by atoms with E-state index in [1.54, 1.807) is 0 Å². The Kier molecular flexibility index (Phi) is 3.79. The normalized spacial score (nSPS) is 10.9. The molecule has 4 rings (SSSR count). The van der Waals surface area contributed by atoms with E-state index in [2.05, 4.69) is 40.2 Å². The Hall–Kier alpha value is -2.65. The van der Waals surface area contributed by atoms with Gasteiger partial charge in [0, 0.05) is 21.0 Å². The third-order valence-electron chi connectivity index (χ3n) is 4.10. The second-order valence-corrected chi connectivity index (χ2v) is 6.56. The molecule has 0 spiro atoms. The van der Waals surface area contributed by atoms with Crippen LogP contribution < -0.4 is 5.73 Å². The van der Waals surface area contributed by atoms with Gasteiger partial charge in [-0.3, -0.25) is 0 Å². The summed E-state index contributed by atoms with van der Waals surface area (Å²) in [4.78, 5) is 4.92. The van der Waals surface area contributed by atoms with Gasteiger partial charge in [-0.1, -0.05) is 76.6 Å². The Morgan fingerprint density at radius 3 is 2.04 bits per heavy atom. The smallest absolute Gasteiger partial charge is 0.0808 e. The van der Waals surface area contributed by atoms with Crippen molar-refractivity contribution in [3.05, 3.63) is 83.3 Å². The fraction of sp³-hybridized carbons (Fsp3) is 0. The summed E-state index contributed by atoms with van der Waals surface area (Å²) in [5.74, 6) is 0. The lowest BCUT2D eigenvalue weighted by Crippen LogP contribution is -1.98. The van der Waals surface area contributed by atoms with Crippen LogP contribution in [0.3, 0.4) is 0 Å². The third kappa shape index (κ3) is 2.57. The molecule has 3 heteroatoms. The molecular formula is C21H15BrN2. The number of aromatic nitrogens is 1. The number of anilines is 1. The van der Waals surface area contributed by atoms with E-state index in [1.807, 2.05) is 54.6 Å². The van der Waals surface area contributed by atoms with Crippen molar-refractivity contribution in [2.45, 2.75) is 0 Å². The highest BCUT2D eigenvalue weighted by atomic mass is 79.9. The number of nitrogens with zero attached hydrogens (tertiary/aromatic N) is 1. The number of nitrogen functional groups attached to an aromatic ring is 1. The molecule has 1 heterocycles. The molecule has 0 atom stereocenters. The summed E-state index contributed by atoms with van der Waals surface area (Å²) in [6.45, 7) is 0. The molecule has 0 aliphatic rings. The van der Waals surface area contributed by atoms with Gasteiger partial charge in [0.05, 0.1) is 16.9 Å². The molecule has 0 unspecified atom stereocenters. The Morgan fingerprint density at radius 1 is 0.750 bits per heavy atom. The predicted molar refractivity (Wildman–Crippen MR) is 105 cm³/mol. The van der Waals surface area contributed by atoms with Crippen molar-refractivity contribution >= 4 is 32.5 Å². The first-order valence-corrected chi connectivity index (χ1v) is 8.53. The summed E-state index contributed by atoms with van der Waals surface area (Å²) >= 11 is 3.53. The molecule has 3 aromatic carbocycles. The van der Waals surface area contributed by atoms with Gasteiger partial charge >= 0.3 is 0 Å². The highest BCUT2D eigenvalue weighted by molar-refractivity contribution is 9.10. The molecule has 2 nitrogen and oxygen atoms in total. The molecular weight excluding hydrogens is 360 g/mol.